The third kappa shape index (κ3) is 5.45. The van der Waals surface area contributed by atoms with E-state index in [2.05, 4.69) is 144 Å². The fourth-order valence-corrected chi connectivity index (χ4v) is 15.8. The number of halogens is 3. The second-order valence-electron chi connectivity index (χ2n) is 11.1. The van der Waals surface area contributed by atoms with Crippen molar-refractivity contribution in [3.63, 3.8) is 0 Å². The van der Waals surface area contributed by atoms with Crippen molar-refractivity contribution in [2.24, 2.45) is 0 Å². The molecule has 0 atom stereocenters. The fourth-order valence-electron chi connectivity index (χ4n) is 6.69. The molecular weight excluding hydrogens is 579 g/mol. The van der Waals surface area contributed by atoms with E-state index in [9.17, 15) is 0 Å². The molecule has 0 heterocycles. The maximum absolute atomic E-state index is 2.63. The Morgan fingerprint density at radius 2 is 0.632 bits per heavy atom. The molecule has 0 aliphatic heterocycles. The van der Waals surface area contributed by atoms with Gasteiger partial charge in [-0.2, -0.15) is 0 Å². The van der Waals surface area contributed by atoms with E-state index < -0.39 is 8.07 Å². The van der Waals surface area contributed by atoms with E-state index in [1.807, 2.05) is 0 Å². The fraction of sp³-hybridized carbons (Fsp3) is 0.333. The van der Waals surface area contributed by atoms with Gasteiger partial charge in [-0.1, -0.05) is 0 Å². The SMILES string of the molecule is CC1=C(C)[C]([Ti+3])([Si](c2cc(C)cc(C)c2)(c2cc(C)cc(C)c2)c2cc(C)cc(C)c2)C(C)=C1C.[Cl-].[Cl-].[Cl-]. The molecular formula is C33H39Cl3SiTi. The summed E-state index contributed by atoms with van der Waals surface area (Å²) in [5, 5.41) is 4.57. The van der Waals surface area contributed by atoms with E-state index in [0.717, 1.165) is 0 Å². The van der Waals surface area contributed by atoms with Crippen molar-refractivity contribution in [1.82, 2.24) is 0 Å². The Kier molecular flexibility index (Phi) is 11.6. The van der Waals surface area contributed by atoms with Crippen LogP contribution >= 0.6 is 0 Å². The molecule has 0 saturated heterocycles. The first-order valence-electron chi connectivity index (χ1n) is 12.7. The number of rotatable bonds is 4. The van der Waals surface area contributed by atoms with E-state index in [1.54, 1.807) is 0 Å². The van der Waals surface area contributed by atoms with Crippen molar-refractivity contribution in [3.05, 3.63) is 110 Å². The minimum atomic E-state index is -2.63. The van der Waals surface area contributed by atoms with E-state index in [-0.39, 0.29) is 40.6 Å². The van der Waals surface area contributed by atoms with Gasteiger partial charge in [0, 0.05) is 0 Å². The van der Waals surface area contributed by atoms with Gasteiger partial charge in [-0.15, -0.1) is 0 Å². The van der Waals surface area contributed by atoms with E-state index >= 15 is 0 Å². The number of aryl methyl sites for hydroxylation is 6. The van der Waals surface area contributed by atoms with Gasteiger partial charge in [0.25, 0.3) is 0 Å². The molecule has 1 aliphatic rings. The van der Waals surface area contributed by atoms with Crippen LogP contribution in [0.2, 0.25) is 3.34 Å². The average molecular weight is 618 g/mol. The zero-order valence-electron chi connectivity index (χ0n) is 24.3. The average Bonchev–Trinajstić information content (AvgIpc) is 2.88. The number of allylic oxidation sites excluding steroid dienone is 4. The van der Waals surface area contributed by atoms with Gasteiger partial charge in [0.15, 0.2) is 0 Å². The van der Waals surface area contributed by atoms with Crippen LogP contribution < -0.4 is 52.8 Å². The predicted octanol–water partition coefficient (Wildman–Crippen LogP) is -2.05. The van der Waals surface area contributed by atoms with Crippen LogP contribution in [0.5, 0.6) is 0 Å². The topological polar surface area (TPSA) is 0 Å². The van der Waals surface area contributed by atoms with Crippen LogP contribution in [0.4, 0.5) is 0 Å². The second-order valence-corrected chi connectivity index (χ2v) is 17.1. The summed E-state index contributed by atoms with van der Waals surface area (Å²) in [6.07, 6.45) is 0. The first kappa shape index (κ1) is 35.0. The molecule has 0 nitrogen and oxygen atoms in total. The monoisotopic (exact) mass is 616 g/mol. The molecule has 0 spiro atoms. The van der Waals surface area contributed by atoms with Gasteiger partial charge in [0.1, 0.15) is 0 Å². The number of hydrogen-bond donors (Lipinski definition) is 0. The van der Waals surface area contributed by atoms with Crippen molar-refractivity contribution >= 4 is 23.6 Å². The Hall–Kier alpha value is -1.06. The molecule has 0 N–H and O–H groups in total. The summed E-state index contributed by atoms with van der Waals surface area (Å²) in [5.41, 5.74) is 14.1. The Morgan fingerprint density at radius 1 is 0.421 bits per heavy atom. The first-order chi connectivity index (χ1) is 16.3. The third-order valence-electron chi connectivity index (χ3n) is 8.34. The van der Waals surface area contributed by atoms with Crippen LogP contribution in [-0.4, -0.2) is 8.07 Å². The van der Waals surface area contributed by atoms with Crippen LogP contribution in [0, 0.1) is 41.5 Å². The van der Waals surface area contributed by atoms with E-state index in [0.29, 0.717) is 0 Å². The molecule has 3 aromatic carbocycles. The molecule has 38 heavy (non-hydrogen) atoms. The molecule has 0 amide bonds. The zero-order valence-corrected chi connectivity index (χ0v) is 29.2. The molecule has 3 aromatic rings. The van der Waals surface area contributed by atoms with Crippen LogP contribution in [0.1, 0.15) is 61.1 Å². The predicted molar refractivity (Wildman–Crippen MR) is 152 cm³/mol. The van der Waals surface area contributed by atoms with Gasteiger partial charge in [-0.25, -0.2) is 0 Å². The summed E-state index contributed by atoms with van der Waals surface area (Å²) in [4.78, 5) is 0. The van der Waals surface area contributed by atoms with Gasteiger partial charge in [-0.3, -0.25) is 0 Å². The Balaban J connectivity index is 0.00000241. The molecule has 0 saturated carbocycles. The summed E-state index contributed by atoms with van der Waals surface area (Å²) < 4.78 is -0.0676. The normalized spacial score (nSPS) is 14.6. The Bertz CT molecular complexity index is 1210. The summed E-state index contributed by atoms with van der Waals surface area (Å²) in [6.45, 7) is 23.1. The van der Waals surface area contributed by atoms with Crippen molar-refractivity contribution in [2.75, 3.05) is 0 Å². The van der Waals surface area contributed by atoms with Crippen LogP contribution in [0.25, 0.3) is 0 Å². The van der Waals surface area contributed by atoms with Gasteiger partial charge < -0.3 is 37.2 Å². The Labute approximate surface area is 262 Å². The largest absolute Gasteiger partial charge is 1.00 e. The quantitative estimate of drug-likeness (QED) is 0.234. The summed E-state index contributed by atoms with van der Waals surface area (Å²) in [6, 6.07) is 22.0. The molecule has 0 unspecified atom stereocenters. The molecule has 5 heteroatoms. The molecule has 0 radical (unpaired) electrons. The summed E-state index contributed by atoms with van der Waals surface area (Å²) in [5.74, 6) is 0. The minimum absolute atomic E-state index is 0. The first-order valence-corrected chi connectivity index (χ1v) is 15.5. The maximum atomic E-state index is 2.57. The van der Waals surface area contributed by atoms with Crippen LogP contribution in [-0.2, 0) is 20.4 Å². The standard InChI is InChI=1S/C33H39Si.3ClH.Ti/c1-20-11-21(2)15-30(14-20)34(31-16-22(3)12-23(4)17-31,32-18-24(5)13-25(6)19-32)33-28(9)26(7)27(8)29(33)10;;;;/h11-19H,1-10H3;3*1H;/q;;;;+3/p-3. The molecule has 4 rings (SSSR count). The third-order valence-corrected chi connectivity index (χ3v) is 16.6. The smallest absolute Gasteiger partial charge is 1.00 e. The van der Waals surface area contributed by atoms with Crippen molar-refractivity contribution in [2.45, 2.75) is 72.6 Å². The zero-order chi connectivity index (χ0) is 25.9. The molecule has 0 fully saturated rings. The van der Waals surface area contributed by atoms with Gasteiger partial charge in [0.2, 0.25) is 0 Å². The second kappa shape index (κ2) is 12.6. The molecule has 1 aliphatic carbocycles. The molecule has 0 bridgehead atoms. The van der Waals surface area contributed by atoms with Crippen molar-refractivity contribution in [1.29, 1.82) is 0 Å². The van der Waals surface area contributed by atoms with Crippen molar-refractivity contribution in [3.8, 4) is 0 Å². The van der Waals surface area contributed by atoms with Gasteiger partial charge in [-0.05, 0) is 0 Å². The Morgan fingerprint density at radius 3 is 0.842 bits per heavy atom. The number of benzene rings is 3. The van der Waals surface area contributed by atoms with Crippen molar-refractivity contribution < 1.29 is 57.7 Å². The van der Waals surface area contributed by atoms with Crippen LogP contribution in [0.15, 0.2) is 76.9 Å². The number of hydrogen-bond acceptors (Lipinski definition) is 0. The summed E-state index contributed by atoms with van der Waals surface area (Å²) >= 11 is 2.57. The van der Waals surface area contributed by atoms with E-state index in [4.69, 9.17) is 0 Å². The maximum Gasteiger partial charge on any atom is -1.00 e. The van der Waals surface area contributed by atoms with E-state index in [1.165, 1.54) is 71.2 Å². The molecule has 0 aromatic heterocycles. The molecule has 200 valence electrons. The summed E-state index contributed by atoms with van der Waals surface area (Å²) in [7, 11) is -2.63. The van der Waals surface area contributed by atoms with Crippen LogP contribution in [0.3, 0.4) is 0 Å². The van der Waals surface area contributed by atoms with Gasteiger partial charge in [0.05, 0.1) is 0 Å². The van der Waals surface area contributed by atoms with Gasteiger partial charge >= 0.3 is 227 Å². The minimum Gasteiger partial charge on any atom is -1.00 e.